The third-order valence-corrected chi connectivity index (χ3v) is 1.75. The van der Waals surface area contributed by atoms with Gasteiger partial charge in [-0.1, -0.05) is 27.7 Å². The third kappa shape index (κ3) is 6.58. The molecule has 0 radical (unpaired) electrons. The summed E-state index contributed by atoms with van der Waals surface area (Å²) in [5, 5.41) is 6.11. The highest BCUT2D eigenvalue weighted by atomic mass is 16.2. The van der Waals surface area contributed by atoms with Gasteiger partial charge >= 0.3 is 0 Å². The molecule has 0 bridgehead atoms. The smallest absolute Gasteiger partial charge is 0.225 e. The Kier molecular flexibility index (Phi) is 5.71. The molecule has 0 fully saturated rings. The molecule has 0 spiro atoms. The Bertz CT molecular complexity index is 149. The van der Waals surface area contributed by atoms with Gasteiger partial charge in [-0.3, -0.25) is 4.79 Å². The Morgan fingerprint density at radius 2 is 1.85 bits per heavy atom. The fourth-order valence-corrected chi connectivity index (χ4v) is 0.857. The van der Waals surface area contributed by atoms with Crippen LogP contribution in [0.3, 0.4) is 0 Å². The lowest BCUT2D eigenvalue weighted by atomic mass is 9.96. The van der Waals surface area contributed by atoms with E-state index in [9.17, 15) is 4.79 Å². The van der Waals surface area contributed by atoms with Crippen molar-refractivity contribution < 1.29 is 4.79 Å². The maximum Gasteiger partial charge on any atom is 0.225 e. The number of carbonyl (C=O) groups excluding carboxylic acids is 1. The van der Waals surface area contributed by atoms with E-state index >= 15 is 0 Å². The highest BCUT2D eigenvalue weighted by molar-refractivity contribution is 5.81. The summed E-state index contributed by atoms with van der Waals surface area (Å²) in [6.45, 7) is 10.6. The Morgan fingerprint density at radius 1 is 1.23 bits per heavy atom. The van der Waals surface area contributed by atoms with Crippen molar-refractivity contribution >= 4 is 5.91 Å². The monoisotopic (exact) mass is 186 g/mol. The van der Waals surface area contributed by atoms with Crippen LogP contribution in [0.4, 0.5) is 0 Å². The van der Waals surface area contributed by atoms with Crippen LogP contribution in [0.2, 0.25) is 0 Å². The molecule has 0 unspecified atom stereocenters. The lowest BCUT2D eigenvalue weighted by molar-refractivity contribution is -0.128. The molecule has 0 saturated heterocycles. The van der Waals surface area contributed by atoms with Crippen LogP contribution in [0.1, 0.15) is 34.1 Å². The zero-order valence-electron chi connectivity index (χ0n) is 9.24. The normalized spacial score (nSPS) is 11.4. The van der Waals surface area contributed by atoms with Gasteiger partial charge in [0.05, 0.1) is 0 Å². The average Bonchev–Trinajstić information content (AvgIpc) is 2.02. The lowest BCUT2D eigenvalue weighted by Gasteiger charge is -2.17. The van der Waals surface area contributed by atoms with Gasteiger partial charge in [-0.05, 0) is 19.5 Å². The van der Waals surface area contributed by atoms with Crippen molar-refractivity contribution in [1.82, 2.24) is 10.6 Å². The molecule has 3 nitrogen and oxygen atoms in total. The van der Waals surface area contributed by atoms with Crippen LogP contribution in [0.25, 0.3) is 0 Å². The molecule has 0 rings (SSSR count). The van der Waals surface area contributed by atoms with E-state index in [1.54, 1.807) is 0 Å². The first-order valence-corrected chi connectivity index (χ1v) is 4.97. The second-order valence-corrected chi connectivity index (χ2v) is 4.21. The number of hydrogen-bond donors (Lipinski definition) is 2. The van der Waals surface area contributed by atoms with Gasteiger partial charge in [0, 0.05) is 12.0 Å². The summed E-state index contributed by atoms with van der Waals surface area (Å²) in [6.07, 6.45) is 0.996. The molecule has 0 aliphatic carbocycles. The second kappa shape index (κ2) is 5.97. The minimum atomic E-state index is -0.266. The van der Waals surface area contributed by atoms with Crippen molar-refractivity contribution in [2.75, 3.05) is 19.6 Å². The molecule has 0 aliphatic rings. The molecule has 78 valence electrons. The van der Waals surface area contributed by atoms with Gasteiger partial charge in [-0.25, -0.2) is 0 Å². The van der Waals surface area contributed by atoms with Crippen LogP contribution in [-0.4, -0.2) is 25.5 Å². The van der Waals surface area contributed by atoms with E-state index in [2.05, 4.69) is 17.6 Å². The van der Waals surface area contributed by atoms with Gasteiger partial charge in [-0.2, -0.15) is 0 Å². The van der Waals surface area contributed by atoms with Crippen LogP contribution in [0.5, 0.6) is 0 Å². The topological polar surface area (TPSA) is 41.1 Å². The van der Waals surface area contributed by atoms with E-state index in [1.165, 1.54) is 0 Å². The maximum atomic E-state index is 11.4. The standard InChI is InChI=1S/C10H22N2O/c1-5-11-7-6-8-12-9(13)10(2,3)4/h11H,5-8H2,1-4H3,(H,12,13). The van der Waals surface area contributed by atoms with E-state index in [4.69, 9.17) is 0 Å². The number of nitrogens with one attached hydrogen (secondary N) is 2. The summed E-state index contributed by atoms with van der Waals surface area (Å²) in [7, 11) is 0. The molecule has 0 atom stereocenters. The molecule has 0 aromatic heterocycles. The molecule has 13 heavy (non-hydrogen) atoms. The predicted molar refractivity (Wildman–Crippen MR) is 55.6 cm³/mol. The first-order valence-electron chi connectivity index (χ1n) is 4.97. The van der Waals surface area contributed by atoms with Crippen molar-refractivity contribution in [1.29, 1.82) is 0 Å². The fraction of sp³-hybridized carbons (Fsp3) is 0.900. The first-order chi connectivity index (χ1) is 5.98. The number of hydrogen-bond acceptors (Lipinski definition) is 2. The average molecular weight is 186 g/mol. The molecular formula is C10H22N2O. The first kappa shape index (κ1) is 12.4. The summed E-state index contributed by atoms with van der Waals surface area (Å²) in [5.41, 5.74) is -0.266. The number of carbonyl (C=O) groups is 1. The van der Waals surface area contributed by atoms with Crippen molar-refractivity contribution in [3.8, 4) is 0 Å². The Balaban J connectivity index is 3.38. The zero-order chi connectivity index (χ0) is 10.3. The quantitative estimate of drug-likeness (QED) is 0.632. The van der Waals surface area contributed by atoms with Crippen molar-refractivity contribution in [3.05, 3.63) is 0 Å². The molecule has 1 amide bonds. The van der Waals surface area contributed by atoms with E-state index in [1.807, 2.05) is 20.8 Å². The highest BCUT2D eigenvalue weighted by Crippen LogP contribution is 2.11. The van der Waals surface area contributed by atoms with Crippen LogP contribution >= 0.6 is 0 Å². The van der Waals surface area contributed by atoms with Gasteiger partial charge in [0.25, 0.3) is 0 Å². The molecule has 2 N–H and O–H groups in total. The highest BCUT2D eigenvalue weighted by Gasteiger charge is 2.19. The van der Waals surface area contributed by atoms with Gasteiger partial charge in [0.15, 0.2) is 0 Å². The fourth-order valence-electron chi connectivity index (χ4n) is 0.857. The number of rotatable bonds is 5. The number of amides is 1. The Hall–Kier alpha value is -0.570. The molecule has 3 heteroatoms. The van der Waals surface area contributed by atoms with Gasteiger partial charge in [0.1, 0.15) is 0 Å². The Labute approximate surface area is 81.3 Å². The van der Waals surface area contributed by atoms with Crippen LogP contribution in [-0.2, 0) is 4.79 Å². The zero-order valence-corrected chi connectivity index (χ0v) is 9.24. The van der Waals surface area contributed by atoms with Gasteiger partial charge in [-0.15, -0.1) is 0 Å². The Morgan fingerprint density at radius 3 is 2.31 bits per heavy atom. The molecular weight excluding hydrogens is 164 g/mol. The van der Waals surface area contributed by atoms with Crippen molar-refractivity contribution in [3.63, 3.8) is 0 Å². The minimum absolute atomic E-state index is 0.129. The molecule has 0 aromatic rings. The van der Waals surface area contributed by atoms with E-state index < -0.39 is 0 Å². The van der Waals surface area contributed by atoms with Crippen LogP contribution in [0, 0.1) is 5.41 Å². The summed E-state index contributed by atoms with van der Waals surface area (Å²) >= 11 is 0. The van der Waals surface area contributed by atoms with E-state index in [0.29, 0.717) is 0 Å². The maximum absolute atomic E-state index is 11.4. The minimum Gasteiger partial charge on any atom is -0.356 e. The summed E-state index contributed by atoms with van der Waals surface area (Å²) in [6, 6.07) is 0. The molecule has 0 saturated carbocycles. The lowest BCUT2D eigenvalue weighted by Crippen LogP contribution is -2.36. The van der Waals surface area contributed by atoms with Crippen molar-refractivity contribution in [2.45, 2.75) is 34.1 Å². The molecule has 0 aliphatic heterocycles. The largest absolute Gasteiger partial charge is 0.356 e. The van der Waals surface area contributed by atoms with E-state index in [0.717, 1.165) is 26.1 Å². The SMILES string of the molecule is CCNCCCNC(=O)C(C)(C)C. The molecule has 0 heterocycles. The van der Waals surface area contributed by atoms with Crippen LogP contribution in [0.15, 0.2) is 0 Å². The van der Waals surface area contributed by atoms with E-state index in [-0.39, 0.29) is 11.3 Å². The second-order valence-electron chi connectivity index (χ2n) is 4.21. The van der Waals surface area contributed by atoms with Gasteiger partial charge < -0.3 is 10.6 Å². The third-order valence-electron chi connectivity index (χ3n) is 1.75. The van der Waals surface area contributed by atoms with Crippen molar-refractivity contribution in [2.24, 2.45) is 5.41 Å². The summed E-state index contributed by atoms with van der Waals surface area (Å²) < 4.78 is 0. The van der Waals surface area contributed by atoms with Gasteiger partial charge in [0.2, 0.25) is 5.91 Å². The van der Waals surface area contributed by atoms with Crippen LogP contribution < -0.4 is 10.6 Å². The summed E-state index contributed by atoms with van der Waals surface area (Å²) in [4.78, 5) is 11.4. The summed E-state index contributed by atoms with van der Waals surface area (Å²) in [5.74, 6) is 0.129. The molecule has 0 aromatic carbocycles. The predicted octanol–water partition coefficient (Wildman–Crippen LogP) is 1.15.